The van der Waals surface area contributed by atoms with Crippen LogP contribution >= 0.6 is 0 Å². The fourth-order valence-electron chi connectivity index (χ4n) is 2.00. The molecule has 20 heavy (non-hydrogen) atoms. The van der Waals surface area contributed by atoms with E-state index in [1.807, 2.05) is 6.08 Å². The maximum atomic E-state index is 11.2. The summed E-state index contributed by atoms with van der Waals surface area (Å²) in [7, 11) is 1.48. The quantitative estimate of drug-likeness (QED) is 0.703. The normalized spacial score (nSPS) is 10.9. The number of unbranched alkanes of at least 4 members (excludes halogenated alkanes) is 4. The van der Waals surface area contributed by atoms with Gasteiger partial charge in [-0.05, 0) is 24.5 Å². The smallest absolute Gasteiger partial charge is 0.340 e. The lowest BCUT2D eigenvalue weighted by atomic mass is 10.0. The Bertz CT molecular complexity index is 478. The van der Waals surface area contributed by atoms with Crippen LogP contribution in [0.3, 0.4) is 0 Å². The van der Waals surface area contributed by atoms with Crippen LogP contribution in [0.1, 0.15) is 54.9 Å². The number of benzene rings is 1. The molecule has 4 heteroatoms. The average molecular weight is 278 g/mol. The number of aromatic hydroxyl groups is 1. The van der Waals surface area contributed by atoms with Crippen LogP contribution in [0.4, 0.5) is 0 Å². The number of ether oxygens (including phenoxy) is 1. The molecule has 0 aliphatic carbocycles. The van der Waals surface area contributed by atoms with Crippen LogP contribution in [-0.2, 0) is 0 Å². The number of aromatic carboxylic acids is 1. The van der Waals surface area contributed by atoms with Crippen molar-refractivity contribution in [2.45, 2.75) is 39.0 Å². The lowest BCUT2D eigenvalue weighted by Crippen LogP contribution is -2.01. The highest BCUT2D eigenvalue weighted by Gasteiger charge is 2.15. The van der Waals surface area contributed by atoms with Crippen LogP contribution in [0, 0.1) is 0 Å². The van der Waals surface area contributed by atoms with Gasteiger partial charge in [0.2, 0.25) is 0 Å². The van der Waals surface area contributed by atoms with E-state index in [1.54, 1.807) is 12.1 Å². The number of methoxy groups -OCH3 is 1. The molecule has 1 rings (SSSR count). The van der Waals surface area contributed by atoms with E-state index in [9.17, 15) is 9.90 Å². The number of phenols is 1. The van der Waals surface area contributed by atoms with E-state index < -0.39 is 5.97 Å². The number of hydrogen-bond acceptors (Lipinski definition) is 3. The van der Waals surface area contributed by atoms with Crippen molar-refractivity contribution in [3.63, 3.8) is 0 Å². The molecular formula is C16H22O4. The first-order chi connectivity index (χ1) is 9.60. The maximum Gasteiger partial charge on any atom is 0.340 e. The van der Waals surface area contributed by atoms with Crippen molar-refractivity contribution in [2.24, 2.45) is 0 Å². The van der Waals surface area contributed by atoms with Crippen molar-refractivity contribution in [3.05, 3.63) is 29.3 Å². The van der Waals surface area contributed by atoms with E-state index >= 15 is 0 Å². The Hall–Kier alpha value is -1.97. The van der Waals surface area contributed by atoms with E-state index in [4.69, 9.17) is 9.84 Å². The van der Waals surface area contributed by atoms with Crippen molar-refractivity contribution in [3.8, 4) is 11.5 Å². The number of hydrogen-bond donors (Lipinski definition) is 2. The molecule has 0 unspecified atom stereocenters. The first kappa shape index (κ1) is 16.1. The summed E-state index contributed by atoms with van der Waals surface area (Å²) < 4.78 is 5.04. The highest BCUT2D eigenvalue weighted by Crippen LogP contribution is 2.29. The van der Waals surface area contributed by atoms with Crippen LogP contribution in [0.25, 0.3) is 6.08 Å². The van der Waals surface area contributed by atoms with E-state index in [0.29, 0.717) is 11.3 Å². The van der Waals surface area contributed by atoms with Gasteiger partial charge in [-0.15, -0.1) is 0 Å². The minimum absolute atomic E-state index is 0.0874. The Labute approximate surface area is 119 Å². The summed E-state index contributed by atoms with van der Waals surface area (Å²) >= 11 is 0. The van der Waals surface area contributed by atoms with E-state index in [1.165, 1.54) is 32.4 Å². The Balaban J connectivity index is 2.83. The van der Waals surface area contributed by atoms with Gasteiger partial charge in [-0.2, -0.15) is 0 Å². The summed E-state index contributed by atoms with van der Waals surface area (Å²) in [4.78, 5) is 11.2. The van der Waals surface area contributed by atoms with Gasteiger partial charge < -0.3 is 14.9 Å². The van der Waals surface area contributed by atoms with Gasteiger partial charge in [-0.25, -0.2) is 4.79 Å². The third-order valence-electron chi connectivity index (χ3n) is 3.09. The van der Waals surface area contributed by atoms with Crippen molar-refractivity contribution in [1.82, 2.24) is 0 Å². The second-order valence-electron chi connectivity index (χ2n) is 4.67. The largest absolute Gasteiger partial charge is 0.507 e. The number of carboxylic acid groups (broad SMARTS) is 1. The van der Waals surface area contributed by atoms with Crippen molar-refractivity contribution >= 4 is 12.0 Å². The molecule has 0 fully saturated rings. The first-order valence-electron chi connectivity index (χ1n) is 6.91. The Morgan fingerprint density at radius 1 is 1.30 bits per heavy atom. The lowest BCUT2D eigenvalue weighted by Gasteiger charge is -2.07. The van der Waals surface area contributed by atoms with Crippen LogP contribution in [0.5, 0.6) is 11.5 Å². The molecule has 0 spiro atoms. The minimum Gasteiger partial charge on any atom is -0.507 e. The fourth-order valence-corrected chi connectivity index (χ4v) is 2.00. The van der Waals surface area contributed by atoms with Crippen molar-refractivity contribution < 1.29 is 19.7 Å². The average Bonchev–Trinajstić information content (AvgIpc) is 2.41. The number of rotatable bonds is 8. The molecule has 0 radical (unpaired) electrons. The third-order valence-corrected chi connectivity index (χ3v) is 3.09. The second-order valence-corrected chi connectivity index (χ2v) is 4.67. The predicted molar refractivity (Wildman–Crippen MR) is 79.4 cm³/mol. The molecular weight excluding hydrogens is 256 g/mol. The zero-order valence-electron chi connectivity index (χ0n) is 12.1. The summed E-state index contributed by atoms with van der Waals surface area (Å²) in [6.07, 6.45) is 9.24. The molecule has 110 valence electrons. The van der Waals surface area contributed by atoms with Gasteiger partial charge in [0.05, 0.1) is 7.11 Å². The summed E-state index contributed by atoms with van der Waals surface area (Å²) in [5, 5.41) is 18.9. The van der Waals surface area contributed by atoms with Gasteiger partial charge in [0.15, 0.2) is 0 Å². The summed E-state index contributed by atoms with van der Waals surface area (Å²) in [6, 6.07) is 2.92. The van der Waals surface area contributed by atoms with Crippen LogP contribution in [-0.4, -0.2) is 23.3 Å². The van der Waals surface area contributed by atoms with Crippen molar-refractivity contribution in [2.75, 3.05) is 7.11 Å². The number of carboxylic acids is 1. The number of carbonyl (C=O) groups is 1. The topological polar surface area (TPSA) is 66.8 Å². The minimum atomic E-state index is -1.14. The Kier molecular flexibility index (Phi) is 6.64. The highest BCUT2D eigenvalue weighted by molar-refractivity contribution is 5.95. The standard InChI is InChI=1S/C16H22O4/c1-3-4-5-6-7-8-9-12-10-13(20-2)11-14(17)15(12)16(18)19/h8-11,17H,3-7H2,1-2H3,(H,18,19)/b9-8+. The van der Waals surface area contributed by atoms with Crippen LogP contribution in [0.15, 0.2) is 18.2 Å². The molecule has 2 N–H and O–H groups in total. The third kappa shape index (κ3) is 4.61. The van der Waals surface area contributed by atoms with Gasteiger partial charge in [0, 0.05) is 6.07 Å². The monoisotopic (exact) mass is 278 g/mol. The van der Waals surface area contributed by atoms with Gasteiger partial charge in [-0.3, -0.25) is 0 Å². The summed E-state index contributed by atoms with van der Waals surface area (Å²) in [6.45, 7) is 2.16. The van der Waals surface area contributed by atoms with Gasteiger partial charge in [0.25, 0.3) is 0 Å². The molecule has 0 aliphatic rings. The van der Waals surface area contributed by atoms with Gasteiger partial charge in [0.1, 0.15) is 17.1 Å². The SMILES string of the molecule is CCCCCC/C=C/c1cc(OC)cc(O)c1C(=O)O. The van der Waals surface area contributed by atoms with E-state index in [0.717, 1.165) is 12.8 Å². The van der Waals surface area contributed by atoms with Gasteiger partial charge in [-0.1, -0.05) is 38.3 Å². The molecule has 1 aromatic carbocycles. The summed E-state index contributed by atoms with van der Waals surface area (Å²) in [5.74, 6) is -0.976. The zero-order valence-corrected chi connectivity index (χ0v) is 12.1. The second kappa shape index (κ2) is 8.25. The molecule has 0 amide bonds. The molecule has 0 aliphatic heterocycles. The molecule has 0 bridgehead atoms. The molecule has 0 heterocycles. The molecule has 1 aromatic rings. The van der Waals surface area contributed by atoms with Crippen LogP contribution in [0.2, 0.25) is 0 Å². The highest BCUT2D eigenvalue weighted by atomic mass is 16.5. The molecule has 0 saturated heterocycles. The van der Waals surface area contributed by atoms with E-state index in [-0.39, 0.29) is 11.3 Å². The molecule has 0 saturated carbocycles. The molecule has 4 nitrogen and oxygen atoms in total. The Morgan fingerprint density at radius 3 is 2.65 bits per heavy atom. The fraction of sp³-hybridized carbons (Fsp3) is 0.438. The lowest BCUT2D eigenvalue weighted by molar-refractivity contribution is 0.0693. The van der Waals surface area contributed by atoms with Crippen molar-refractivity contribution in [1.29, 1.82) is 0 Å². The zero-order chi connectivity index (χ0) is 15.0. The summed E-state index contributed by atoms with van der Waals surface area (Å²) in [5.41, 5.74) is 0.375. The maximum absolute atomic E-state index is 11.2. The molecule has 0 aromatic heterocycles. The van der Waals surface area contributed by atoms with Gasteiger partial charge >= 0.3 is 5.97 Å². The predicted octanol–water partition coefficient (Wildman–Crippen LogP) is 4.08. The Morgan fingerprint density at radius 2 is 2.05 bits per heavy atom. The number of allylic oxidation sites excluding steroid dienone is 1. The van der Waals surface area contributed by atoms with Crippen LogP contribution < -0.4 is 4.74 Å². The van der Waals surface area contributed by atoms with E-state index in [2.05, 4.69) is 6.92 Å². The first-order valence-corrected chi connectivity index (χ1v) is 6.91. The molecule has 0 atom stereocenters.